The van der Waals surface area contributed by atoms with E-state index in [4.69, 9.17) is 14.2 Å². The van der Waals surface area contributed by atoms with Crippen LogP contribution in [0.2, 0.25) is 0 Å². The van der Waals surface area contributed by atoms with E-state index in [2.05, 4.69) is 10.1 Å². The summed E-state index contributed by atoms with van der Waals surface area (Å²) in [6, 6.07) is 9.74. The maximum absolute atomic E-state index is 13.2. The first-order chi connectivity index (χ1) is 15.4. The molecule has 0 saturated carbocycles. The monoisotopic (exact) mass is 438 g/mol. The standard InChI is InChI=1S/C24H30N4O4/c1-16-11-17(2)25-23-22(16)24(26-27(23)3)32-15-21(29)28(14-20-9-6-10-31-20)13-18-7-5-8-19(12-18)30-4/h5,7-8,11-12,20H,6,9-10,13-15H2,1-4H3. The van der Waals surface area contributed by atoms with E-state index in [1.54, 1.807) is 16.7 Å². The van der Waals surface area contributed by atoms with E-state index in [1.165, 1.54) is 0 Å². The fourth-order valence-corrected chi connectivity index (χ4v) is 4.15. The van der Waals surface area contributed by atoms with Gasteiger partial charge in [0.15, 0.2) is 12.3 Å². The molecule has 1 atom stereocenters. The predicted molar refractivity (Wildman–Crippen MR) is 121 cm³/mol. The van der Waals surface area contributed by atoms with Crippen LogP contribution in [0.25, 0.3) is 11.0 Å². The Kier molecular flexibility index (Phi) is 6.60. The Morgan fingerprint density at radius 3 is 2.91 bits per heavy atom. The second-order valence-electron chi connectivity index (χ2n) is 8.26. The third kappa shape index (κ3) is 4.85. The summed E-state index contributed by atoms with van der Waals surface area (Å²) in [6.07, 6.45) is 2.03. The van der Waals surface area contributed by atoms with Gasteiger partial charge in [-0.1, -0.05) is 12.1 Å². The Bertz CT molecular complexity index is 1100. The van der Waals surface area contributed by atoms with Crippen molar-refractivity contribution in [1.82, 2.24) is 19.7 Å². The molecule has 8 heteroatoms. The number of pyridine rings is 1. The lowest BCUT2D eigenvalue weighted by Crippen LogP contribution is -2.39. The molecule has 170 valence electrons. The average molecular weight is 439 g/mol. The molecule has 0 aliphatic carbocycles. The van der Waals surface area contributed by atoms with Crippen molar-refractivity contribution in [2.24, 2.45) is 7.05 Å². The minimum Gasteiger partial charge on any atom is -0.497 e. The van der Waals surface area contributed by atoms with Crippen LogP contribution in [-0.2, 0) is 23.1 Å². The first-order valence-electron chi connectivity index (χ1n) is 10.9. The number of methoxy groups -OCH3 is 1. The van der Waals surface area contributed by atoms with Gasteiger partial charge in [-0.3, -0.25) is 4.79 Å². The Hall–Kier alpha value is -3.13. The van der Waals surface area contributed by atoms with E-state index in [0.29, 0.717) is 19.0 Å². The zero-order valence-electron chi connectivity index (χ0n) is 19.1. The highest BCUT2D eigenvalue weighted by Crippen LogP contribution is 2.27. The molecule has 1 aliphatic rings. The molecule has 3 aromatic rings. The van der Waals surface area contributed by atoms with Crippen LogP contribution in [0.15, 0.2) is 30.3 Å². The summed E-state index contributed by atoms with van der Waals surface area (Å²) in [7, 11) is 3.47. The molecular weight excluding hydrogens is 408 g/mol. The molecule has 8 nitrogen and oxygen atoms in total. The van der Waals surface area contributed by atoms with Crippen molar-refractivity contribution in [3.05, 3.63) is 47.2 Å². The lowest BCUT2D eigenvalue weighted by molar-refractivity contribution is -0.135. The second kappa shape index (κ2) is 9.56. The summed E-state index contributed by atoms with van der Waals surface area (Å²) < 4.78 is 18.7. The number of fused-ring (bicyclic) bond motifs is 1. The highest BCUT2D eigenvalue weighted by atomic mass is 16.5. The molecule has 1 unspecified atom stereocenters. The Balaban J connectivity index is 1.51. The van der Waals surface area contributed by atoms with Crippen LogP contribution >= 0.6 is 0 Å². The molecule has 1 fully saturated rings. The summed E-state index contributed by atoms with van der Waals surface area (Å²) in [5.41, 5.74) is 3.68. The van der Waals surface area contributed by atoms with Gasteiger partial charge in [-0.05, 0) is 56.0 Å². The van der Waals surface area contributed by atoms with Gasteiger partial charge in [0.05, 0.1) is 18.6 Å². The van der Waals surface area contributed by atoms with Gasteiger partial charge >= 0.3 is 0 Å². The molecule has 1 aliphatic heterocycles. The zero-order chi connectivity index (χ0) is 22.7. The van der Waals surface area contributed by atoms with Crippen molar-refractivity contribution in [3.63, 3.8) is 0 Å². The third-order valence-corrected chi connectivity index (χ3v) is 5.73. The largest absolute Gasteiger partial charge is 0.497 e. The van der Waals surface area contributed by atoms with Crippen LogP contribution in [0.1, 0.15) is 29.7 Å². The summed E-state index contributed by atoms with van der Waals surface area (Å²) in [6.45, 7) is 5.58. The summed E-state index contributed by atoms with van der Waals surface area (Å²) in [5.74, 6) is 1.08. The van der Waals surface area contributed by atoms with E-state index in [1.807, 2.05) is 51.2 Å². The molecule has 1 aromatic carbocycles. The molecule has 4 rings (SSSR count). The smallest absolute Gasteiger partial charge is 0.260 e. The lowest BCUT2D eigenvalue weighted by atomic mass is 10.1. The maximum atomic E-state index is 13.2. The van der Waals surface area contributed by atoms with Crippen molar-refractivity contribution >= 4 is 16.9 Å². The number of hydrogen-bond donors (Lipinski definition) is 0. The summed E-state index contributed by atoms with van der Waals surface area (Å²) >= 11 is 0. The number of rotatable bonds is 8. The van der Waals surface area contributed by atoms with Gasteiger partial charge in [0.1, 0.15) is 5.75 Å². The quantitative estimate of drug-likeness (QED) is 0.538. The fraction of sp³-hybridized carbons (Fsp3) is 0.458. The van der Waals surface area contributed by atoms with Crippen LogP contribution < -0.4 is 9.47 Å². The highest BCUT2D eigenvalue weighted by molar-refractivity contribution is 5.85. The van der Waals surface area contributed by atoms with Gasteiger partial charge in [0.25, 0.3) is 5.91 Å². The fourth-order valence-electron chi connectivity index (χ4n) is 4.15. The van der Waals surface area contributed by atoms with E-state index < -0.39 is 0 Å². The summed E-state index contributed by atoms with van der Waals surface area (Å²) in [5, 5.41) is 5.29. The van der Waals surface area contributed by atoms with Crippen molar-refractivity contribution in [2.75, 3.05) is 26.9 Å². The van der Waals surface area contributed by atoms with Gasteiger partial charge < -0.3 is 19.1 Å². The molecule has 3 heterocycles. The van der Waals surface area contributed by atoms with Gasteiger partial charge in [0, 0.05) is 32.4 Å². The molecule has 1 saturated heterocycles. The van der Waals surface area contributed by atoms with Crippen molar-refractivity contribution in [1.29, 1.82) is 0 Å². The number of aryl methyl sites for hydroxylation is 3. The molecule has 0 radical (unpaired) electrons. The first-order valence-corrected chi connectivity index (χ1v) is 10.9. The number of nitrogens with zero attached hydrogens (tertiary/aromatic N) is 4. The molecule has 1 amide bonds. The summed E-state index contributed by atoms with van der Waals surface area (Å²) in [4.78, 5) is 19.6. The Labute approximate surface area is 188 Å². The number of amides is 1. The SMILES string of the molecule is COc1cccc(CN(CC2CCCO2)C(=O)COc2nn(C)c3nc(C)cc(C)c23)c1. The van der Waals surface area contributed by atoms with Crippen molar-refractivity contribution < 1.29 is 19.0 Å². The Morgan fingerprint density at radius 1 is 1.31 bits per heavy atom. The predicted octanol–water partition coefficient (Wildman–Crippen LogP) is 3.18. The van der Waals surface area contributed by atoms with Crippen LogP contribution in [0.3, 0.4) is 0 Å². The van der Waals surface area contributed by atoms with E-state index >= 15 is 0 Å². The number of benzene rings is 1. The molecule has 2 aromatic heterocycles. The number of hydrogen-bond acceptors (Lipinski definition) is 6. The zero-order valence-corrected chi connectivity index (χ0v) is 19.1. The average Bonchev–Trinajstić information content (AvgIpc) is 3.39. The van der Waals surface area contributed by atoms with Gasteiger partial charge in [-0.15, -0.1) is 5.10 Å². The molecule has 0 bridgehead atoms. The van der Waals surface area contributed by atoms with E-state index in [9.17, 15) is 4.79 Å². The Morgan fingerprint density at radius 2 is 2.16 bits per heavy atom. The highest BCUT2D eigenvalue weighted by Gasteiger charge is 2.24. The van der Waals surface area contributed by atoms with Crippen LogP contribution in [0.5, 0.6) is 11.6 Å². The molecule has 0 N–H and O–H groups in total. The van der Waals surface area contributed by atoms with Crippen molar-refractivity contribution in [2.45, 2.75) is 39.3 Å². The molecule has 32 heavy (non-hydrogen) atoms. The lowest BCUT2D eigenvalue weighted by Gasteiger charge is -2.25. The molecule has 0 spiro atoms. The third-order valence-electron chi connectivity index (χ3n) is 5.73. The number of aromatic nitrogens is 3. The van der Waals surface area contributed by atoms with E-state index in [-0.39, 0.29) is 18.6 Å². The van der Waals surface area contributed by atoms with Crippen LogP contribution in [0.4, 0.5) is 0 Å². The minimum atomic E-state index is -0.111. The normalized spacial score (nSPS) is 15.8. The minimum absolute atomic E-state index is 0.0506. The van der Waals surface area contributed by atoms with Gasteiger partial charge in [-0.25, -0.2) is 9.67 Å². The number of ether oxygens (including phenoxy) is 3. The topological polar surface area (TPSA) is 78.7 Å². The van der Waals surface area contributed by atoms with Crippen molar-refractivity contribution in [3.8, 4) is 11.6 Å². The van der Waals surface area contributed by atoms with Crippen LogP contribution in [0, 0.1) is 13.8 Å². The number of carbonyl (C=O) groups excluding carboxylic acids is 1. The first kappa shape index (κ1) is 22.1. The second-order valence-corrected chi connectivity index (χ2v) is 8.26. The van der Waals surface area contributed by atoms with E-state index in [0.717, 1.165) is 53.1 Å². The number of carbonyl (C=O) groups is 1. The van der Waals surface area contributed by atoms with Crippen LogP contribution in [-0.4, -0.2) is 58.5 Å². The maximum Gasteiger partial charge on any atom is 0.260 e. The molecular formula is C24H30N4O4. The van der Waals surface area contributed by atoms with Gasteiger partial charge in [-0.2, -0.15) is 0 Å². The van der Waals surface area contributed by atoms with Gasteiger partial charge in [0.2, 0.25) is 5.88 Å².